The number of pyridine rings is 1. The molecule has 0 radical (unpaired) electrons. The summed E-state index contributed by atoms with van der Waals surface area (Å²) in [6.45, 7) is 6.30. The van der Waals surface area contributed by atoms with Gasteiger partial charge in [-0.05, 0) is 44.4 Å². The van der Waals surface area contributed by atoms with E-state index in [4.69, 9.17) is 27.9 Å². The fraction of sp³-hybridized carbons (Fsp3) is 0.286. The molecule has 0 unspecified atom stereocenters. The molecule has 6 nitrogen and oxygen atoms in total. The average molecular weight is 433 g/mol. The summed E-state index contributed by atoms with van der Waals surface area (Å²) in [6.07, 6.45) is 2.39. The van der Waals surface area contributed by atoms with E-state index in [0.717, 1.165) is 22.6 Å². The molecule has 8 heteroatoms. The minimum absolute atomic E-state index is 0.138. The predicted molar refractivity (Wildman–Crippen MR) is 115 cm³/mol. The lowest BCUT2D eigenvalue weighted by atomic mass is 10.1. The summed E-state index contributed by atoms with van der Waals surface area (Å²) < 4.78 is 7.35. The van der Waals surface area contributed by atoms with Gasteiger partial charge < -0.3 is 10.1 Å². The van der Waals surface area contributed by atoms with Crippen molar-refractivity contribution in [2.45, 2.75) is 33.6 Å². The van der Waals surface area contributed by atoms with E-state index >= 15 is 0 Å². The van der Waals surface area contributed by atoms with Gasteiger partial charge in [0.2, 0.25) is 5.91 Å². The average Bonchev–Trinajstić information content (AvgIpc) is 3.00. The zero-order chi connectivity index (χ0) is 21.0. The van der Waals surface area contributed by atoms with Gasteiger partial charge in [-0.2, -0.15) is 9.78 Å². The molecule has 1 N–H and O–H groups in total. The van der Waals surface area contributed by atoms with Gasteiger partial charge in [0.05, 0.1) is 22.3 Å². The maximum absolute atomic E-state index is 12.4. The van der Waals surface area contributed by atoms with Crippen LogP contribution in [0.3, 0.4) is 0 Å². The number of carbonyl (C=O) groups is 1. The van der Waals surface area contributed by atoms with Gasteiger partial charge >= 0.3 is 0 Å². The van der Waals surface area contributed by atoms with Crippen molar-refractivity contribution < 1.29 is 9.53 Å². The number of benzene rings is 1. The van der Waals surface area contributed by atoms with E-state index in [1.165, 1.54) is 10.9 Å². The number of halogens is 2. The van der Waals surface area contributed by atoms with Crippen LogP contribution in [0.5, 0.6) is 5.75 Å². The molecule has 1 amide bonds. The molecule has 0 aliphatic rings. The molecule has 0 fully saturated rings. The highest BCUT2D eigenvalue weighted by molar-refractivity contribution is 6.35. The third-order valence-corrected chi connectivity index (χ3v) is 4.78. The Morgan fingerprint density at radius 1 is 1.17 bits per heavy atom. The summed E-state index contributed by atoms with van der Waals surface area (Å²) >= 11 is 12.1. The second kappa shape index (κ2) is 9.29. The fourth-order valence-corrected chi connectivity index (χ4v) is 3.41. The largest absolute Gasteiger partial charge is 0.493 e. The molecule has 0 aliphatic heterocycles. The molecule has 0 atom stereocenters. The number of aryl methyl sites for hydroxylation is 3. The predicted octanol–water partition coefficient (Wildman–Crippen LogP) is 5.30. The van der Waals surface area contributed by atoms with Crippen molar-refractivity contribution in [2.75, 3.05) is 11.9 Å². The Balaban J connectivity index is 1.60. The van der Waals surface area contributed by atoms with Gasteiger partial charge in [-0.25, -0.2) is 4.98 Å². The monoisotopic (exact) mass is 432 g/mol. The Labute approximate surface area is 179 Å². The summed E-state index contributed by atoms with van der Waals surface area (Å²) in [5.41, 5.74) is 2.90. The minimum atomic E-state index is -0.138. The van der Waals surface area contributed by atoms with Crippen molar-refractivity contribution in [3.63, 3.8) is 0 Å². The number of aromatic nitrogens is 3. The van der Waals surface area contributed by atoms with Crippen molar-refractivity contribution in [1.29, 1.82) is 0 Å². The molecule has 3 rings (SSSR count). The Morgan fingerprint density at radius 2 is 1.90 bits per heavy atom. The van der Waals surface area contributed by atoms with Crippen LogP contribution >= 0.6 is 23.2 Å². The number of nitrogens with one attached hydrogen (secondary N) is 1. The molecular formula is C21H22Cl2N4O2. The smallest absolute Gasteiger partial charge is 0.225 e. The minimum Gasteiger partial charge on any atom is -0.493 e. The highest BCUT2D eigenvalue weighted by Crippen LogP contribution is 2.25. The number of carbonyl (C=O) groups excluding carboxylic acids is 1. The SMILES string of the molecule is Cc1cc(NC(=O)CCCOc2c(C)cccc2C)n(-c2ncc(Cl)cc2Cl)n1. The number of amides is 1. The van der Waals surface area contributed by atoms with E-state index in [1.807, 2.05) is 39.0 Å². The maximum atomic E-state index is 12.4. The van der Waals surface area contributed by atoms with E-state index < -0.39 is 0 Å². The number of hydrogen-bond donors (Lipinski definition) is 1. The van der Waals surface area contributed by atoms with Crippen molar-refractivity contribution in [2.24, 2.45) is 0 Å². The molecule has 29 heavy (non-hydrogen) atoms. The fourth-order valence-electron chi connectivity index (χ4n) is 2.95. The Hall–Kier alpha value is -2.57. The zero-order valence-corrected chi connectivity index (χ0v) is 18.0. The molecule has 0 saturated carbocycles. The highest BCUT2D eigenvalue weighted by atomic mass is 35.5. The quantitative estimate of drug-likeness (QED) is 0.514. The number of anilines is 1. The van der Waals surface area contributed by atoms with Crippen LogP contribution < -0.4 is 10.1 Å². The van der Waals surface area contributed by atoms with Crippen LogP contribution in [0.25, 0.3) is 5.82 Å². The second-order valence-electron chi connectivity index (χ2n) is 6.76. The number of ether oxygens (including phenoxy) is 1. The molecule has 2 aromatic heterocycles. The van der Waals surface area contributed by atoms with Gasteiger partial charge in [0, 0.05) is 18.7 Å². The molecule has 2 heterocycles. The Morgan fingerprint density at radius 3 is 2.59 bits per heavy atom. The van der Waals surface area contributed by atoms with E-state index in [-0.39, 0.29) is 5.91 Å². The molecule has 152 valence electrons. The topological polar surface area (TPSA) is 69.0 Å². The van der Waals surface area contributed by atoms with Crippen LogP contribution in [0.4, 0.5) is 5.82 Å². The summed E-state index contributed by atoms with van der Waals surface area (Å²) in [5, 5.41) is 8.01. The van der Waals surface area contributed by atoms with Crippen LogP contribution in [0.15, 0.2) is 36.5 Å². The molecule has 1 aromatic carbocycles. The highest BCUT2D eigenvalue weighted by Gasteiger charge is 2.15. The molecular weight excluding hydrogens is 411 g/mol. The van der Waals surface area contributed by atoms with E-state index in [2.05, 4.69) is 15.4 Å². The lowest BCUT2D eigenvalue weighted by Gasteiger charge is -2.12. The van der Waals surface area contributed by atoms with Gasteiger partial charge in [0.25, 0.3) is 0 Å². The third kappa shape index (κ3) is 5.28. The number of nitrogens with zero attached hydrogens (tertiary/aromatic N) is 3. The van der Waals surface area contributed by atoms with Crippen LogP contribution in [0.1, 0.15) is 29.7 Å². The summed E-state index contributed by atoms with van der Waals surface area (Å²) in [6, 6.07) is 9.36. The van der Waals surface area contributed by atoms with Gasteiger partial charge in [0.15, 0.2) is 5.82 Å². The zero-order valence-electron chi connectivity index (χ0n) is 16.5. The third-order valence-electron chi connectivity index (χ3n) is 4.29. The first kappa shape index (κ1) is 21.1. The molecule has 0 aliphatic carbocycles. The molecule has 0 saturated heterocycles. The lowest BCUT2D eigenvalue weighted by Crippen LogP contribution is -2.16. The summed E-state index contributed by atoms with van der Waals surface area (Å²) in [7, 11) is 0. The Kier molecular flexibility index (Phi) is 6.77. The lowest BCUT2D eigenvalue weighted by molar-refractivity contribution is -0.116. The van der Waals surface area contributed by atoms with Crippen molar-refractivity contribution in [1.82, 2.24) is 14.8 Å². The van der Waals surface area contributed by atoms with Crippen molar-refractivity contribution >= 4 is 34.9 Å². The summed E-state index contributed by atoms with van der Waals surface area (Å²) in [5.74, 6) is 1.64. The van der Waals surface area contributed by atoms with Crippen molar-refractivity contribution in [3.05, 3.63) is 63.4 Å². The van der Waals surface area contributed by atoms with Gasteiger partial charge in [-0.3, -0.25) is 4.79 Å². The molecule has 0 spiro atoms. The summed E-state index contributed by atoms with van der Waals surface area (Å²) in [4.78, 5) is 16.6. The molecule has 3 aromatic rings. The standard InChI is InChI=1S/C21H22Cl2N4O2/c1-13-6-4-7-14(2)20(13)29-9-5-8-19(28)25-18-10-15(3)26-27(18)21-17(23)11-16(22)12-24-21/h4,6-7,10-12H,5,8-9H2,1-3H3,(H,25,28). The number of rotatable bonds is 7. The van der Waals surface area contributed by atoms with Crippen LogP contribution in [0.2, 0.25) is 10.0 Å². The van der Waals surface area contributed by atoms with Gasteiger partial charge in [0.1, 0.15) is 11.6 Å². The van der Waals surface area contributed by atoms with E-state index in [9.17, 15) is 4.79 Å². The first-order valence-electron chi connectivity index (χ1n) is 9.22. The first-order chi connectivity index (χ1) is 13.8. The second-order valence-corrected chi connectivity index (χ2v) is 7.61. The van der Waals surface area contributed by atoms with E-state index in [0.29, 0.717) is 41.1 Å². The number of hydrogen-bond acceptors (Lipinski definition) is 4. The Bertz CT molecular complexity index is 1010. The molecule has 0 bridgehead atoms. The first-order valence-corrected chi connectivity index (χ1v) is 9.97. The van der Waals surface area contributed by atoms with Crippen LogP contribution in [0, 0.1) is 20.8 Å². The van der Waals surface area contributed by atoms with Gasteiger partial charge in [-0.1, -0.05) is 41.4 Å². The van der Waals surface area contributed by atoms with Gasteiger partial charge in [-0.15, -0.1) is 0 Å². The normalized spacial score (nSPS) is 10.8. The van der Waals surface area contributed by atoms with Crippen LogP contribution in [-0.2, 0) is 4.79 Å². The maximum Gasteiger partial charge on any atom is 0.225 e. The van der Waals surface area contributed by atoms with E-state index in [1.54, 1.807) is 12.1 Å². The van der Waals surface area contributed by atoms with Crippen molar-refractivity contribution in [3.8, 4) is 11.6 Å². The van der Waals surface area contributed by atoms with Crippen LogP contribution in [-0.4, -0.2) is 27.3 Å². The number of para-hydroxylation sites is 1.